The van der Waals surface area contributed by atoms with Gasteiger partial charge < -0.3 is 9.88 Å². The van der Waals surface area contributed by atoms with Crippen molar-refractivity contribution in [1.82, 2.24) is 14.5 Å². The lowest BCUT2D eigenvalue weighted by molar-refractivity contribution is 0.102. The number of nitriles is 1. The molecule has 4 aromatic rings. The van der Waals surface area contributed by atoms with Crippen LogP contribution in [0.5, 0.6) is 0 Å². The predicted molar refractivity (Wildman–Crippen MR) is 104 cm³/mol. The lowest BCUT2D eigenvalue weighted by Gasteiger charge is -2.10. The number of anilines is 1. The Hall–Kier alpha value is -4.05. The third kappa shape index (κ3) is 2.87. The Morgan fingerprint density at radius 2 is 1.86 bits per heavy atom. The summed E-state index contributed by atoms with van der Waals surface area (Å²) in [5, 5.41) is 12.5. The zero-order valence-corrected chi connectivity index (χ0v) is 14.7. The summed E-state index contributed by atoms with van der Waals surface area (Å²) >= 11 is 0. The summed E-state index contributed by atoms with van der Waals surface area (Å²) in [5.74, 6) is -0.619. The van der Waals surface area contributed by atoms with Gasteiger partial charge in [-0.3, -0.25) is 4.79 Å². The number of carbonyl (C=O) groups excluding carboxylic acids is 1. The molecule has 0 spiro atoms. The molecule has 0 aliphatic rings. The third-order valence-electron chi connectivity index (χ3n) is 4.31. The molecule has 4 rings (SSSR count). The van der Waals surface area contributed by atoms with E-state index in [0.29, 0.717) is 28.7 Å². The van der Waals surface area contributed by atoms with E-state index in [1.165, 1.54) is 24.3 Å². The molecule has 0 aliphatic carbocycles. The minimum Gasteiger partial charge on any atom is -0.307 e. The lowest BCUT2D eigenvalue weighted by atomic mass is 10.2. The van der Waals surface area contributed by atoms with Gasteiger partial charge in [-0.1, -0.05) is 18.2 Å². The number of allylic oxidation sites excluding steroid dienone is 1. The van der Waals surface area contributed by atoms with Crippen molar-refractivity contribution in [1.29, 1.82) is 5.26 Å². The first-order valence-corrected chi connectivity index (χ1v) is 8.49. The molecule has 0 saturated heterocycles. The number of para-hydroxylation sites is 2. The highest BCUT2D eigenvalue weighted by Crippen LogP contribution is 2.29. The molecule has 0 bridgehead atoms. The highest BCUT2D eigenvalue weighted by atomic mass is 19.1. The third-order valence-corrected chi connectivity index (χ3v) is 4.31. The summed E-state index contributed by atoms with van der Waals surface area (Å²) in [6, 6.07) is 14.6. The van der Waals surface area contributed by atoms with E-state index >= 15 is 0 Å². The highest BCUT2D eigenvalue weighted by molar-refractivity contribution is 6.06. The number of hydrogen-bond acceptors (Lipinski definition) is 4. The van der Waals surface area contributed by atoms with E-state index < -0.39 is 11.7 Å². The molecule has 0 unspecified atom stereocenters. The van der Waals surface area contributed by atoms with Crippen molar-refractivity contribution in [3.63, 3.8) is 0 Å². The minimum atomic E-state index is -0.464. The Morgan fingerprint density at radius 3 is 2.50 bits per heavy atom. The van der Waals surface area contributed by atoms with Crippen LogP contribution in [0.4, 0.5) is 10.2 Å². The van der Waals surface area contributed by atoms with Gasteiger partial charge in [0.2, 0.25) is 0 Å². The fourth-order valence-corrected chi connectivity index (χ4v) is 3.02. The van der Waals surface area contributed by atoms with Gasteiger partial charge in [-0.25, -0.2) is 14.4 Å². The molecule has 136 valence electrons. The van der Waals surface area contributed by atoms with Crippen molar-refractivity contribution in [2.75, 3.05) is 5.32 Å². The van der Waals surface area contributed by atoms with Crippen LogP contribution in [0.3, 0.4) is 0 Å². The fourth-order valence-electron chi connectivity index (χ4n) is 3.02. The van der Waals surface area contributed by atoms with Crippen LogP contribution in [-0.4, -0.2) is 20.4 Å². The van der Waals surface area contributed by atoms with Gasteiger partial charge >= 0.3 is 0 Å². The topological polar surface area (TPSA) is 83.6 Å². The summed E-state index contributed by atoms with van der Waals surface area (Å²) in [5.41, 5.74) is 2.69. The van der Waals surface area contributed by atoms with Gasteiger partial charge in [0.1, 0.15) is 28.8 Å². The van der Waals surface area contributed by atoms with Crippen LogP contribution in [0.25, 0.3) is 22.2 Å². The first kappa shape index (κ1) is 17.4. The minimum absolute atomic E-state index is 0.213. The Kier molecular flexibility index (Phi) is 4.30. The van der Waals surface area contributed by atoms with Crippen LogP contribution in [0.2, 0.25) is 0 Å². The molecular weight excluding hydrogens is 357 g/mol. The second-order valence-corrected chi connectivity index (χ2v) is 6.08. The van der Waals surface area contributed by atoms with Crippen LogP contribution < -0.4 is 5.32 Å². The smallest absolute Gasteiger partial charge is 0.256 e. The lowest BCUT2D eigenvalue weighted by Crippen LogP contribution is -2.16. The van der Waals surface area contributed by atoms with Crippen molar-refractivity contribution in [2.45, 2.75) is 6.54 Å². The zero-order chi connectivity index (χ0) is 19.7. The average molecular weight is 371 g/mol. The second-order valence-electron chi connectivity index (χ2n) is 6.08. The van der Waals surface area contributed by atoms with E-state index in [1.54, 1.807) is 10.6 Å². The van der Waals surface area contributed by atoms with E-state index in [-0.39, 0.29) is 16.9 Å². The van der Waals surface area contributed by atoms with Crippen molar-refractivity contribution in [2.24, 2.45) is 0 Å². The number of hydrogen-bond donors (Lipinski definition) is 1. The second kappa shape index (κ2) is 6.93. The van der Waals surface area contributed by atoms with Gasteiger partial charge in [0.05, 0.1) is 11.0 Å². The van der Waals surface area contributed by atoms with E-state index in [2.05, 4.69) is 27.9 Å². The van der Waals surface area contributed by atoms with E-state index in [0.717, 1.165) is 0 Å². The van der Waals surface area contributed by atoms with Gasteiger partial charge in [-0.15, -0.1) is 6.58 Å². The van der Waals surface area contributed by atoms with Crippen LogP contribution in [0, 0.1) is 17.1 Å². The Labute approximate surface area is 159 Å². The summed E-state index contributed by atoms with van der Waals surface area (Å²) in [4.78, 5) is 21.8. The number of benzene rings is 2. The maximum atomic E-state index is 13.1. The van der Waals surface area contributed by atoms with Crippen LogP contribution in [-0.2, 0) is 6.54 Å². The first-order valence-electron chi connectivity index (χ1n) is 8.49. The quantitative estimate of drug-likeness (QED) is 0.549. The number of nitrogens with zero attached hydrogens (tertiary/aromatic N) is 4. The maximum Gasteiger partial charge on any atom is 0.256 e. The van der Waals surface area contributed by atoms with Crippen LogP contribution >= 0.6 is 0 Å². The van der Waals surface area contributed by atoms with E-state index in [4.69, 9.17) is 0 Å². The van der Waals surface area contributed by atoms with Crippen molar-refractivity contribution in [3.05, 3.63) is 78.1 Å². The molecule has 0 fully saturated rings. The molecule has 2 aromatic heterocycles. The van der Waals surface area contributed by atoms with Gasteiger partial charge in [-0.05, 0) is 36.4 Å². The number of aromatic nitrogens is 3. The summed E-state index contributed by atoms with van der Waals surface area (Å²) < 4.78 is 14.8. The molecule has 0 atom stereocenters. The average Bonchev–Trinajstić information content (AvgIpc) is 2.98. The SMILES string of the molecule is C=CCn1c(NC(=O)c2ccc(F)cc2)c(C#N)c2nc3ccccc3nc21. The molecule has 2 aromatic carbocycles. The van der Waals surface area contributed by atoms with Crippen LogP contribution in [0.1, 0.15) is 15.9 Å². The van der Waals surface area contributed by atoms with Crippen molar-refractivity contribution < 1.29 is 9.18 Å². The molecule has 7 heteroatoms. The van der Waals surface area contributed by atoms with E-state index in [1.807, 2.05) is 24.3 Å². The number of rotatable bonds is 4. The molecule has 6 nitrogen and oxygen atoms in total. The molecule has 0 aliphatic heterocycles. The highest BCUT2D eigenvalue weighted by Gasteiger charge is 2.22. The standard InChI is InChI=1S/C21H14FN5O/c1-2-11-27-19(26-21(28)13-7-9-14(22)10-8-13)15(12-23)18-20(27)25-17-6-4-3-5-16(17)24-18/h2-10H,1,11H2,(H,26,28). The monoisotopic (exact) mass is 371 g/mol. The number of fused-ring (bicyclic) bond motifs is 2. The van der Waals surface area contributed by atoms with E-state index in [9.17, 15) is 14.4 Å². The normalized spacial score (nSPS) is 10.7. The van der Waals surface area contributed by atoms with Gasteiger partial charge in [0, 0.05) is 12.1 Å². The van der Waals surface area contributed by atoms with Crippen molar-refractivity contribution in [3.8, 4) is 6.07 Å². The zero-order valence-electron chi connectivity index (χ0n) is 14.7. The molecule has 2 heterocycles. The number of carbonyl (C=O) groups is 1. The Morgan fingerprint density at radius 1 is 1.18 bits per heavy atom. The van der Waals surface area contributed by atoms with Crippen LogP contribution in [0.15, 0.2) is 61.2 Å². The summed E-state index contributed by atoms with van der Waals surface area (Å²) in [7, 11) is 0. The summed E-state index contributed by atoms with van der Waals surface area (Å²) in [6.45, 7) is 4.07. The largest absolute Gasteiger partial charge is 0.307 e. The predicted octanol–water partition coefficient (Wildman–Crippen LogP) is 4.03. The Balaban J connectivity index is 1.90. The maximum absolute atomic E-state index is 13.1. The number of nitrogens with one attached hydrogen (secondary N) is 1. The molecule has 1 amide bonds. The van der Waals surface area contributed by atoms with Gasteiger partial charge in [0.25, 0.3) is 5.91 Å². The number of halogens is 1. The Bertz CT molecular complexity index is 1270. The molecule has 0 radical (unpaired) electrons. The molecular formula is C21H14FN5O. The fraction of sp³-hybridized carbons (Fsp3) is 0.0476. The molecule has 1 N–H and O–H groups in total. The van der Waals surface area contributed by atoms with Gasteiger partial charge in [-0.2, -0.15) is 5.26 Å². The molecule has 0 saturated carbocycles. The van der Waals surface area contributed by atoms with Crippen molar-refractivity contribution >= 4 is 33.9 Å². The van der Waals surface area contributed by atoms with Gasteiger partial charge in [0.15, 0.2) is 5.65 Å². The summed E-state index contributed by atoms with van der Waals surface area (Å²) in [6.07, 6.45) is 1.64. The molecule has 28 heavy (non-hydrogen) atoms. The first-order chi connectivity index (χ1) is 13.6. The number of amides is 1.